The van der Waals surface area contributed by atoms with E-state index in [4.69, 9.17) is 16.3 Å². The summed E-state index contributed by atoms with van der Waals surface area (Å²) in [5.74, 6) is -0.423. The van der Waals surface area contributed by atoms with Gasteiger partial charge in [0.15, 0.2) is 11.5 Å². The van der Waals surface area contributed by atoms with Gasteiger partial charge in [-0.3, -0.25) is 9.69 Å². The van der Waals surface area contributed by atoms with Crippen LogP contribution in [0.5, 0.6) is 11.5 Å². The number of fused-ring (bicyclic) bond motifs is 1. The molecule has 5 nitrogen and oxygen atoms in total. The number of nitrogens with zero attached hydrogens (tertiary/aromatic N) is 1. The Kier molecular flexibility index (Phi) is 5.68. The maximum atomic E-state index is 13.6. The Morgan fingerprint density at radius 3 is 2.41 bits per heavy atom. The fourth-order valence-corrected chi connectivity index (χ4v) is 4.50. The number of benzene rings is 3. The van der Waals surface area contributed by atoms with Gasteiger partial charge in [-0.2, -0.15) is 13.2 Å². The number of methoxy groups -OCH3 is 2. The first-order chi connectivity index (χ1) is 20.4. The van der Waals surface area contributed by atoms with Crippen molar-refractivity contribution in [1.82, 2.24) is 10.2 Å². The average Bonchev–Trinajstić information content (AvgIpc) is 2.95. The summed E-state index contributed by atoms with van der Waals surface area (Å²) in [5.41, 5.74) is -0.235. The minimum Gasteiger partial charge on any atom is -0.493 e. The molecule has 0 bridgehead atoms. The Bertz CT molecular complexity index is 1480. The number of likely N-dealkylation sites (N-methyl/N-ethyl adjacent to an activating group) is 1. The van der Waals surface area contributed by atoms with E-state index in [-0.39, 0.29) is 29.8 Å². The maximum Gasteiger partial charge on any atom is 0.416 e. The molecule has 0 unspecified atom stereocenters. The number of alkyl halides is 3. The van der Waals surface area contributed by atoms with E-state index in [0.29, 0.717) is 29.0 Å². The number of hydrogen-bond donors (Lipinski definition) is 1. The van der Waals surface area contributed by atoms with Gasteiger partial charge in [-0.1, -0.05) is 42.5 Å². The van der Waals surface area contributed by atoms with Gasteiger partial charge in [0, 0.05) is 29.2 Å². The molecule has 1 N–H and O–H groups in total. The molecule has 0 fully saturated rings. The molecular weight excluding hydrogens is 481 g/mol. The number of carbonyl (C=O) groups is 1. The summed E-state index contributed by atoms with van der Waals surface area (Å²) in [6.07, 6.45) is -10.3. The van der Waals surface area contributed by atoms with E-state index in [1.54, 1.807) is 36.4 Å². The molecule has 1 aliphatic heterocycles. The van der Waals surface area contributed by atoms with Crippen molar-refractivity contribution in [2.45, 2.75) is 37.4 Å². The van der Waals surface area contributed by atoms with Gasteiger partial charge in [-0.15, -0.1) is 0 Å². The highest BCUT2D eigenvalue weighted by atomic mass is 19.4. The molecule has 0 aliphatic carbocycles. The van der Waals surface area contributed by atoms with Crippen molar-refractivity contribution >= 4 is 5.91 Å². The van der Waals surface area contributed by atoms with E-state index in [9.17, 15) is 20.7 Å². The maximum absolute atomic E-state index is 13.6. The van der Waals surface area contributed by atoms with Gasteiger partial charge in [0.25, 0.3) is 0 Å². The Labute approximate surface area is 225 Å². The van der Waals surface area contributed by atoms with Crippen LogP contribution in [0.4, 0.5) is 13.2 Å². The summed E-state index contributed by atoms with van der Waals surface area (Å²) in [4.78, 5) is 15.0. The smallest absolute Gasteiger partial charge is 0.416 e. The molecule has 0 aromatic heterocycles. The van der Waals surface area contributed by atoms with Gasteiger partial charge in [-0.05, 0) is 65.7 Å². The third-order valence-corrected chi connectivity index (χ3v) is 6.29. The molecule has 1 heterocycles. The first kappa shape index (κ1) is 18.7. The van der Waals surface area contributed by atoms with Crippen LogP contribution in [-0.4, -0.2) is 38.5 Å². The average molecular weight is 520 g/mol. The van der Waals surface area contributed by atoms with Gasteiger partial charge in [0.05, 0.1) is 19.8 Å². The lowest BCUT2D eigenvalue weighted by atomic mass is 9.86. The Morgan fingerprint density at radius 2 is 1.78 bits per heavy atom. The monoisotopic (exact) mass is 519 g/mol. The number of halogens is 3. The summed E-state index contributed by atoms with van der Waals surface area (Å²) >= 11 is 0. The minimum atomic E-state index is -4.68. The van der Waals surface area contributed by atoms with Crippen molar-refractivity contribution in [2.75, 3.05) is 27.7 Å². The molecule has 4 rings (SSSR count). The fraction of sp³-hybridized carbons (Fsp3) is 0.345. The third-order valence-electron chi connectivity index (χ3n) is 6.29. The number of ether oxygens (including phenoxy) is 2. The first-order valence-electron chi connectivity index (χ1n) is 15.0. The largest absolute Gasteiger partial charge is 0.493 e. The summed E-state index contributed by atoms with van der Waals surface area (Å²) < 4.78 is 110. The van der Waals surface area contributed by atoms with Gasteiger partial charge < -0.3 is 14.8 Å². The molecule has 0 radical (unpaired) electrons. The van der Waals surface area contributed by atoms with E-state index in [0.717, 1.165) is 12.1 Å². The highest BCUT2D eigenvalue weighted by Gasteiger charge is 2.37. The topological polar surface area (TPSA) is 50.8 Å². The summed E-state index contributed by atoms with van der Waals surface area (Å²) in [5, 5.41) is 1.99. The van der Waals surface area contributed by atoms with Crippen molar-refractivity contribution in [3.05, 3.63) is 94.5 Å². The van der Waals surface area contributed by atoms with Crippen LogP contribution in [-0.2, 0) is 23.8 Å². The molecule has 0 saturated carbocycles. The number of amides is 1. The summed E-state index contributed by atoms with van der Waals surface area (Å²) in [6.45, 7) is -2.89. The zero-order chi connectivity index (χ0) is 32.7. The molecule has 1 aliphatic rings. The number of hydrogen-bond acceptors (Lipinski definition) is 4. The molecule has 0 saturated heterocycles. The molecule has 3 aromatic rings. The Balaban J connectivity index is 1.95. The second-order valence-corrected chi connectivity index (χ2v) is 8.44. The number of rotatable bonds is 8. The normalized spacial score (nSPS) is 20.5. The Hall–Kier alpha value is -3.52. The van der Waals surface area contributed by atoms with E-state index in [1.165, 1.54) is 25.2 Å². The predicted molar refractivity (Wildman–Crippen MR) is 136 cm³/mol. The van der Waals surface area contributed by atoms with Gasteiger partial charge in [0.2, 0.25) is 5.91 Å². The first-order valence-corrected chi connectivity index (χ1v) is 11.5. The number of nitrogens with one attached hydrogen (secondary N) is 1. The van der Waals surface area contributed by atoms with Crippen LogP contribution in [0.1, 0.15) is 55.9 Å². The van der Waals surface area contributed by atoms with E-state index in [2.05, 4.69) is 0 Å². The SMILES string of the molecule is [2H]C([2H])([2H])NC(=O)[C@@H](c1ccccc1)N1CCc2cc(OC)c(OC)cc2[C@@H]1C([2H])([2H])C([2H])([2H])c1ccc(C(F)(F)F)cc1. The number of carbonyl (C=O) groups excluding carboxylic acids is 1. The van der Waals surface area contributed by atoms with Crippen molar-refractivity contribution in [2.24, 2.45) is 0 Å². The summed E-state index contributed by atoms with van der Waals surface area (Å²) in [7, 11) is 2.79. The van der Waals surface area contributed by atoms with E-state index < -0.39 is 49.5 Å². The molecule has 8 heteroatoms. The predicted octanol–water partition coefficient (Wildman–Crippen LogP) is 5.74. The molecular formula is C29H31F3N2O3. The van der Waals surface area contributed by atoms with Crippen LogP contribution in [0.15, 0.2) is 66.7 Å². The van der Waals surface area contributed by atoms with Crippen molar-refractivity contribution < 1.29 is 37.0 Å². The van der Waals surface area contributed by atoms with Gasteiger partial charge >= 0.3 is 6.18 Å². The molecule has 1 amide bonds. The number of aryl methyl sites for hydroxylation is 1. The second kappa shape index (κ2) is 11.3. The lowest BCUT2D eigenvalue weighted by Crippen LogP contribution is -2.44. The Morgan fingerprint density at radius 1 is 1.11 bits per heavy atom. The van der Waals surface area contributed by atoms with Gasteiger partial charge in [-0.25, -0.2) is 0 Å². The standard InChI is InChI=1S/C29H31F3N2O3/c1-33-28(35)27(20-7-5-4-6-8-20)34-16-15-21-17-25(36-2)26(37-3)18-23(21)24(34)14-11-19-9-12-22(13-10-19)29(30,31)32/h4-10,12-13,17-18,24,27H,11,14-16H2,1-3H3,(H,33,35)/t24-,27+/m0/s1/i1D3,11D2,14D2. The second-order valence-electron chi connectivity index (χ2n) is 8.44. The highest BCUT2D eigenvalue weighted by Crippen LogP contribution is 2.43. The molecule has 0 spiro atoms. The minimum absolute atomic E-state index is 0.0102. The fourth-order valence-electron chi connectivity index (χ4n) is 4.50. The van der Waals surface area contributed by atoms with Gasteiger partial charge in [0.1, 0.15) is 6.04 Å². The van der Waals surface area contributed by atoms with Crippen LogP contribution in [0.25, 0.3) is 0 Å². The molecule has 2 atom stereocenters. The zero-order valence-corrected chi connectivity index (χ0v) is 20.2. The molecule has 196 valence electrons. The highest BCUT2D eigenvalue weighted by molar-refractivity contribution is 5.83. The van der Waals surface area contributed by atoms with Crippen LogP contribution >= 0.6 is 0 Å². The van der Waals surface area contributed by atoms with E-state index in [1.807, 2.05) is 5.32 Å². The van der Waals surface area contributed by atoms with Crippen molar-refractivity contribution in [1.29, 1.82) is 0 Å². The van der Waals surface area contributed by atoms with Crippen molar-refractivity contribution in [3.63, 3.8) is 0 Å². The van der Waals surface area contributed by atoms with Crippen LogP contribution in [0.3, 0.4) is 0 Å². The van der Waals surface area contributed by atoms with Crippen LogP contribution in [0, 0.1) is 0 Å². The summed E-state index contributed by atoms with van der Waals surface area (Å²) in [6, 6.07) is 11.4. The van der Waals surface area contributed by atoms with Crippen LogP contribution in [0.2, 0.25) is 0 Å². The quantitative estimate of drug-likeness (QED) is 0.412. The lowest BCUT2D eigenvalue weighted by Gasteiger charge is -2.42. The van der Waals surface area contributed by atoms with Crippen LogP contribution < -0.4 is 14.8 Å². The lowest BCUT2D eigenvalue weighted by molar-refractivity contribution is -0.137. The zero-order valence-electron chi connectivity index (χ0n) is 27.2. The molecule has 3 aromatic carbocycles. The van der Waals surface area contributed by atoms with E-state index >= 15 is 0 Å². The molecule has 37 heavy (non-hydrogen) atoms. The van der Waals surface area contributed by atoms with Crippen molar-refractivity contribution in [3.8, 4) is 11.5 Å². The third kappa shape index (κ3) is 5.74.